The van der Waals surface area contributed by atoms with Crippen LogP contribution in [0, 0.1) is 0 Å². The highest BCUT2D eigenvalue weighted by Crippen LogP contribution is 2.16. The number of hydrogen-bond donors (Lipinski definition) is 1. The summed E-state index contributed by atoms with van der Waals surface area (Å²) in [7, 11) is 0. The molecule has 19 heavy (non-hydrogen) atoms. The van der Waals surface area contributed by atoms with Crippen molar-refractivity contribution in [2.45, 2.75) is 39.0 Å². The quantitative estimate of drug-likeness (QED) is 0.856. The molecule has 1 fully saturated rings. The van der Waals surface area contributed by atoms with Gasteiger partial charge >= 0.3 is 0 Å². The molecule has 2 unspecified atom stereocenters. The van der Waals surface area contributed by atoms with E-state index in [0.29, 0.717) is 25.5 Å². The summed E-state index contributed by atoms with van der Waals surface area (Å²) in [6, 6.07) is 0.252. The molecule has 106 valence electrons. The van der Waals surface area contributed by atoms with Crippen LogP contribution < -0.4 is 16.2 Å². The van der Waals surface area contributed by atoms with Gasteiger partial charge in [0.05, 0.1) is 18.8 Å². The van der Waals surface area contributed by atoms with Gasteiger partial charge in [0.25, 0.3) is 5.56 Å². The van der Waals surface area contributed by atoms with E-state index in [1.54, 1.807) is 17.0 Å². The molecule has 0 amide bonds. The summed E-state index contributed by atoms with van der Waals surface area (Å²) in [6.45, 7) is 7.63. The second-order valence-corrected chi connectivity index (χ2v) is 5.25. The number of ether oxygens (including phenoxy) is 1. The van der Waals surface area contributed by atoms with Crippen LogP contribution >= 0.6 is 0 Å². The van der Waals surface area contributed by atoms with Gasteiger partial charge in [-0.15, -0.1) is 0 Å². The molecule has 2 rings (SSSR count). The Morgan fingerprint density at radius 1 is 1.58 bits per heavy atom. The number of hydrogen-bond acceptors (Lipinski definition) is 5. The van der Waals surface area contributed by atoms with Gasteiger partial charge in [0.1, 0.15) is 0 Å². The monoisotopic (exact) mass is 266 g/mol. The van der Waals surface area contributed by atoms with E-state index in [-0.39, 0.29) is 23.7 Å². The highest BCUT2D eigenvalue weighted by atomic mass is 16.5. The zero-order valence-electron chi connectivity index (χ0n) is 11.7. The second kappa shape index (κ2) is 5.71. The van der Waals surface area contributed by atoms with Crippen LogP contribution in [-0.2, 0) is 4.74 Å². The molecule has 0 bridgehead atoms. The Labute approximate surface area is 113 Å². The summed E-state index contributed by atoms with van der Waals surface area (Å²) < 4.78 is 7.30. The van der Waals surface area contributed by atoms with E-state index in [1.807, 2.05) is 25.7 Å². The van der Waals surface area contributed by atoms with Gasteiger partial charge in [0, 0.05) is 31.5 Å². The first-order valence-electron chi connectivity index (χ1n) is 6.70. The van der Waals surface area contributed by atoms with Crippen LogP contribution in [0.1, 0.15) is 26.8 Å². The molecule has 1 aromatic heterocycles. The Kier molecular flexibility index (Phi) is 4.21. The van der Waals surface area contributed by atoms with Crippen LogP contribution in [0.15, 0.2) is 17.2 Å². The number of nitrogens with zero attached hydrogens (tertiary/aromatic N) is 3. The first-order chi connectivity index (χ1) is 9.04. The fraction of sp³-hybridized carbons (Fsp3) is 0.692. The third-order valence-corrected chi connectivity index (χ3v) is 3.45. The molecule has 6 heteroatoms. The van der Waals surface area contributed by atoms with Crippen LogP contribution in [-0.4, -0.2) is 41.4 Å². The molecule has 2 N–H and O–H groups in total. The molecule has 2 atom stereocenters. The van der Waals surface area contributed by atoms with Crippen molar-refractivity contribution < 1.29 is 4.74 Å². The van der Waals surface area contributed by atoms with Crippen LogP contribution in [0.3, 0.4) is 0 Å². The maximum atomic E-state index is 12.4. The van der Waals surface area contributed by atoms with E-state index in [2.05, 4.69) is 4.98 Å². The fourth-order valence-electron chi connectivity index (χ4n) is 2.27. The summed E-state index contributed by atoms with van der Waals surface area (Å²) in [6.07, 6.45) is 3.36. The van der Waals surface area contributed by atoms with E-state index in [4.69, 9.17) is 10.5 Å². The van der Waals surface area contributed by atoms with Gasteiger partial charge in [-0.1, -0.05) is 0 Å². The molecule has 1 saturated heterocycles. The van der Waals surface area contributed by atoms with Gasteiger partial charge in [-0.05, 0) is 20.8 Å². The Bertz CT molecular complexity index is 486. The minimum atomic E-state index is -0.0537. The van der Waals surface area contributed by atoms with Crippen molar-refractivity contribution in [3.8, 4) is 0 Å². The molecule has 0 radical (unpaired) electrons. The molecule has 0 spiro atoms. The average Bonchev–Trinajstić information content (AvgIpc) is 2.39. The summed E-state index contributed by atoms with van der Waals surface area (Å²) >= 11 is 0. The predicted molar refractivity (Wildman–Crippen MR) is 74.5 cm³/mol. The normalized spacial score (nSPS) is 23.9. The van der Waals surface area contributed by atoms with E-state index in [0.717, 1.165) is 0 Å². The number of nitrogens with two attached hydrogens (primary N) is 1. The van der Waals surface area contributed by atoms with Crippen molar-refractivity contribution in [2.24, 2.45) is 5.73 Å². The fourth-order valence-corrected chi connectivity index (χ4v) is 2.27. The predicted octanol–water partition coefficient (Wildman–Crippen LogP) is 0.377. The van der Waals surface area contributed by atoms with Crippen LogP contribution in [0.25, 0.3) is 0 Å². The van der Waals surface area contributed by atoms with Gasteiger partial charge in [-0.25, -0.2) is 4.98 Å². The minimum Gasteiger partial charge on any atom is -0.373 e. The lowest BCUT2D eigenvalue weighted by Crippen LogP contribution is -2.52. The summed E-state index contributed by atoms with van der Waals surface area (Å²) in [5, 5.41) is 0. The van der Waals surface area contributed by atoms with Crippen molar-refractivity contribution in [1.29, 1.82) is 0 Å². The highest BCUT2D eigenvalue weighted by molar-refractivity contribution is 5.38. The third kappa shape index (κ3) is 2.79. The number of rotatable bonds is 3. The standard InChI is InChI=1S/C13H22N4O2/c1-9(2)16-5-4-15-12(13(16)18)17-7-11(6-14)19-8-10(17)3/h4-5,9-11H,6-8,14H2,1-3H3. The molecule has 0 saturated carbocycles. The van der Waals surface area contributed by atoms with E-state index < -0.39 is 0 Å². The van der Waals surface area contributed by atoms with Gasteiger partial charge in [0.2, 0.25) is 0 Å². The Hall–Kier alpha value is -1.40. The van der Waals surface area contributed by atoms with Crippen molar-refractivity contribution in [3.05, 3.63) is 22.7 Å². The molecule has 1 aliphatic heterocycles. The minimum absolute atomic E-state index is 0.0369. The molecular formula is C13H22N4O2. The topological polar surface area (TPSA) is 73.4 Å². The van der Waals surface area contributed by atoms with Crippen LogP contribution in [0.5, 0.6) is 0 Å². The zero-order chi connectivity index (χ0) is 14.0. The zero-order valence-corrected chi connectivity index (χ0v) is 11.7. The van der Waals surface area contributed by atoms with Gasteiger partial charge < -0.3 is 19.9 Å². The van der Waals surface area contributed by atoms with E-state index in [1.165, 1.54) is 0 Å². The lowest BCUT2D eigenvalue weighted by atomic mass is 10.2. The lowest BCUT2D eigenvalue weighted by Gasteiger charge is -2.38. The van der Waals surface area contributed by atoms with E-state index >= 15 is 0 Å². The van der Waals surface area contributed by atoms with Gasteiger partial charge in [0.15, 0.2) is 5.82 Å². The average molecular weight is 266 g/mol. The van der Waals surface area contributed by atoms with Crippen molar-refractivity contribution >= 4 is 5.82 Å². The molecule has 6 nitrogen and oxygen atoms in total. The number of aromatic nitrogens is 2. The summed E-state index contributed by atoms with van der Waals surface area (Å²) in [5.74, 6) is 0.491. The summed E-state index contributed by atoms with van der Waals surface area (Å²) in [5.41, 5.74) is 5.60. The van der Waals surface area contributed by atoms with Crippen molar-refractivity contribution in [2.75, 3.05) is 24.6 Å². The SMILES string of the molecule is CC1COC(CN)CN1c1nccn(C(C)C)c1=O. The Morgan fingerprint density at radius 2 is 2.32 bits per heavy atom. The van der Waals surface area contributed by atoms with Gasteiger partial charge in [-0.2, -0.15) is 0 Å². The van der Waals surface area contributed by atoms with Crippen LogP contribution in [0.4, 0.5) is 5.82 Å². The third-order valence-electron chi connectivity index (χ3n) is 3.45. The van der Waals surface area contributed by atoms with E-state index in [9.17, 15) is 4.79 Å². The number of anilines is 1. The molecule has 2 heterocycles. The van der Waals surface area contributed by atoms with Crippen molar-refractivity contribution in [3.63, 3.8) is 0 Å². The molecule has 1 aliphatic rings. The first kappa shape index (κ1) is 14.0. The smallest absolute Gasteiger partial charge is 0.293 e. The van der Waals surface area contributed by atoms with Crippen molar-refractivity contribution in [1.82, 2.24) is 9.55 Å². The molecular weight excluding hydrogens is 244 g/mol. The maximum Gasteiger partial charge on any atom is 0.293 e. The molecule has 0 aliphatic carbocycles. The highest BCUT2D eigenvalue weighted by Gasteiger charge is 2.28. The van der Waals surface area contributed by atoms with Gasteiger partial charge in [-0.3, -0.25) is 4.79 Å². The Morgan fingerprint density at radius 3 is 2.95 bits per heavy atom. The molecule has 0 aromatic carbocycles. The largest absolute Gasteiger partial charge is 0.373 e. The second-order valence-electron chi connectivity index (χ2n) is 5.25. The number of morpholine rings is 1. The lowest BCUT2D eigenvalue weighted by molar-refractivity contribution is 0.0278. The summed E-state index contributed by atoms with van der Waals surface area (Å²) in [4.78, 5) is 18.7. The maximum absolute atomic E-state index is 12.4. The molecule has 1 aromatic rings. The Balaban J connectivity index is 2.35. The van der Waals surface area contributed by atoms with Crippen LogP contribution in [0.2, 0.25) is 0 Å². The first-order valence-corrected chi connectivity index (χ1v) is 6.70.